The number of hydrogen-bond acceptors (Lipinski definition) is 4. The first-order valence-electron chi connectivity index (χ1n) is 10.8. The predicted molar refractivity (Wildman–Crippen MR) is 120 cm³/mol. The number of aryl methyl sites for hydroxylation is 1. The molecular weight excluding hydrogens is 390 g/mol. The third-order valence-electron chi connectivity index (χ3n) is 6.19. The number of para-hydroxylation sites is 1. The van der Waals surface area contributed by atoms with E-state index in [4.69, 9.17) is 9.84 Å². The van der Waals surface area contributed by atoms with Crippen LogP contribution in [0.1, 0.15) is 29.2 Å². The summed E-state index contributed by atoms with van der Waals surface area (Å²) in [6.07, 6.45) is 2.97. The number of hydrogen-bond donors (Lipinski definition) is 3. The van der Waals surface area contributed by atoms with E-state index in [-0.39, 0.29) is 18.0 Å². The average Bonchev–Trinajstić information content (AvgIpc) is 3.52. The van der Waals surface area contributed by atoms with E-state index in [1.165, 1.54) is 0 Å². The Balaban J connectivity index is 1.35. The highest BCUT2D eigenvalue weighted by atomic mass is 16.5. The molecule has 2 aliphatic rings. The highest BCUT2D eigenvalue weighted by molar-refractivity contribution is 5.90. The molecule has 0 unspecified atom stereocenters. The van der Waals surface area contributed by atoms with Gasteiger partial charge in [0.05, 0.1) is 24.5 Å². The number of rotatable bonds is 5. The highest BCUT2D eigenvalue weighted by Gasteiger charge is 2.31. The van der Waals surface area contributed by atoms with E-state index < -0.39 is 0 Å². The zero-order chi connectivity index (χ0) is 21.2. The lowest BCUT2D eigenvalue weighted by atomic mass is 9.94. The smallest absolute Gasteiger partial charge is 0.320 e. The summed E-state index contributed by atoms with van der Waals surface area (Å²) in [6, 6.07) is 17.8. The van der Waals surface area contributed by atoms with Crippen molar-refractivity contribution in [1.82, 2.24) is 20.4 Å². The van der Waals surface area contributed by atoms with Crippen molar-refractivity contribution >= 4 is 11.8 Å². The minimum Gasteiger partial charge on any atom is -0.497 e. The fraction of sp³-hybridized carbons (Fsp3) is 0.333. The molecule has 0 saturated carbocycles. The summed E-state index contributed by atoms with van der Waals surface area (Å²) in [7, 11) is 1.67. The van der Waals surface area contributed by atoms with Crippen LogP contribution in [-0.2, 0) is 12.8 Å². The van der Waals surface area contributed by atoms with Crippen LogP contribution in [0.15, 0.2) is 54.6 Å². The third kappa shape index (κ3) is 3.88. The standard InChI is InChI=1S/C24H27N5O2/c1-31-18-10-5-7-16(13-18)20-14-25-15-22(20)26-24(30)27-23-19-11-6-12-21(19)28-29(23)17-8-3-2-4-9-17/h2-5,7-10,13,20,22,25H,6,11-12,14-15H2,1H3,(H2,26,27,30)/t20-,22+/m0/s1. The Bertz CT molecular complexity index is 1080. The molecule has 0 bridgehead atoms. The van der Waals surface area contributed by atoms with E-state index in [0.29, 0.717) is 0 Å². The molecule has 1 fully saturated rings. The monoisotopic (exact) mass is 417 g/mol. The number of ether oxygens (including phenoxy) is 1. The number of amides is 2. The minimum absolute atomic E-state index is 0.00625. The van der Waals surface area contributed by atoms with Gasteiger partial charge in [-0.1, -0.05) is 30.3 Å². The maximum atomic E-state index is 13.0. The van der Waals surface area contributed by atoms with Crippen LogP contribution in [0.25, 0.3) is 5.69 Å². The first-order valence-corrected chi connectivity index (χ1v) is 10.8. The van der Waals surface area contributed by atoms with Crippen molar-refractivity contribution < 1.29 is 9.53 Å². The van der Waals surface area contributed by atoms with Gasteiger partial charge in [0, 0.05) is 24.6 Å². The largest absolute Gasteiger partial charge is 0.497 e. The summed E-state index contributed by atoms with van der Waals surface area (Å²) in [5.74, 6) is 1.79. The van der Waals surface area contributed by atoms with Crippen molar-refractivity contribution in [2.24, 2.45) is 0 Å². The molecule has 1 aliphatic heterocycles. The lowest BCUT2D eigenvalue weighted by molar-refractivity contribution is 0.248. The van der Waals surface area contributed by atoms with Gasteiger partial charge in [0.1, 0.15) is 11.6 Å². The van der Waals surface area contributed by atoms with Gasteiger partial charge in [0.15, 0.2) is 0 Å². The number of carbonyl (C=O) groups is 1. The van der Waals surface area contributed by atoms with Gasteiger partial charge >= 0.3 is 6.03 Å². The molecule has 1 aromatic heterocycles. The molecule has 2 atom stereocenters. The van der Waals surface area contributed by atoms with Crippen LogP contribution in [0.2, 0.25) is 0 Å². The van der Waals surface area contributed by atoms with Crippen LogP contribution in [0, 0.1) is 0 Å². The zero-order valence-electron chi connectivity index (χ0n) is 17.6. The van der Waals surface area contributed by atoms with Gasteiger partial charge in [0.2, 0.25) is 0 Å². The van der Waals surface area contributed by atoms with Crippen molar-refractivity contribution in [3.63, 3.8) is 0 Å². The molecule has 7 heteroatoms. The molecule has 3 aromatic rings. The molecule has 1 aliphatic carbocycles. The first kappa shape index (κ1) is 19.6. The Morgan fingerprint density at radius 2 is 2.00 bits per heavy atom. The second-order valence-corrected chi connectivity index (χ2v) is 8.12. The lowest BCUT2D eigenvalue weighted by Gasteiger charge is -2.21. The third-order valence-corrected chi connectivity index (χ3v) is 6.19. The van der Waals surface area contributed by atoms with Crippen molar-refractivity contribution in [2.75, 3.05) is 25.5 Å². The van der Waals surface area contributed by atoms with E-state index in [1.54, 1.807) is 7.11 Å². The van der Waals surface area contributed by atoms with Gasteiger partial charge in [-0.15, -0.1) is 0 Å². The molecule has 2 aromatic carbocycles. The fourth-order valence-electron chi connectivity index (χ4n) is 4.64. The fourth-order valence-corrected chi connectivity index (χ4v) is 4.64. The van der Waals surface area contributed by atoms with Crippen molar-refractivity contribution in [3.05, 3.63) is 71.4 Å². The summed E-state index contributed by atoms with van der Waals surface area (Å²) in [6.45, 7) is 1.54. The van der Waals surface area contributed by atoms with Crippen LogP contribution in [0.4, 0.5) is 10.6 Å². The number of carbonyl (C=O) groups excluding carboxylic acids is 1. The molecule has 7 nitrogen and oxygen atoms in total. The number of aromatic nitrogens is 2. The molecule has 2 amide bonds. The van der Waals surface area contributed by atoms with Crippen LogP contribution >= 0.6 is 0 Å². The molecule has 160 valence electrons. The second kappa shape index (κ2) is 8.43. The lowest BCUT2D eigenvalue weighted by Crippen LogP contribution is -2.42. The van der Waals surface area contributed by atoms with Crippen molar-refractivity contribution in [2.45, 2.75) is 31.2 Å². The number of benzene rings is 2. The van der Waals surface area contributed by atoms with Crippen LogP contribution < -0.4 is 20.7 Å². The highest BCUT2D eigenvalue weighted by Crippen LogP contribution is 2.31. The molecule has 31 heavy (non-hydrogen) atoms. The topological polar surface area (TPSA) is 80.2 Å². The molecule has 0 spiro atoms. The quantitative estimate of drug-likeness (QED) is 0.595. The number of fused-ring (bicyclic) bond motifs is 1. The SMILES string of the molecule is COc1cccc([C@@H]2CNC[C@H]2NC(=O)Nc2c3c(nn2-c2ccccc2)CCC3)c1. The van der Waals surface area contributed by atoms with E-state index >= 15 is 0 Å². The maximum Gasteiger partial charge on any atom is 0.320 e. The Morgan fingerprint density at radius 3 is 2.84 bits per heavy atom. The maximum absolute atomic E-state index is 13.0. The van der Waals surface area contributed by atoms with Gasteiger partial charge in [-0.2, -0.15) is 5.10 Å². The van der Waals surface area contributed by atoms with Crippen molar-refractivity contribution in [1.29, 1.82) is 0 Å². The van der Waals surface area contributed by atoms with Gasteiger partial charge in [-0.25, -0.2) is 9.48 Å². The normalized spacial score (nSPS) is 19.8. The van der Waals surface area contributed by atoms with Gasteiger partial charge < -0.3 is 15.4 Å². The minimum atomic E-state index is -0.201. The molecule has 0 radical (unpaired) electrons. The van der Waals surface area contributed by atoms with Gasteiger partial charge in [0.25, 0.3) is 0 Å². The zero-order valence-corrected chi connectivity index (χ0v) is 17.6. The van der Waals surface area contributed by atoms with Crippen LogP contribution in [0.5, 0.6) is 5.75 Å². The van der Waals surface area contributed by atoms with Gasteiger partial charge in [-0.3, -0.25) is 5.32 Å². The number of methoxy groups -OCH3 is 1. The summed E-state index contributed by atoms with van der Waals surface area (Å²) in [4.78, 5) is 13.0. The number of urea groups is 1. The molecular formula is C24H27N5O2. The summed E-state index contributed by atoms with van der Waals surface area (Å²) in [5, 5.41) is 14.5. The van der Waals surface area contributed by atoms with Gasteiger partial charge in [-0.05, 0) is 49.1 Å². The summed E-state index contributed by atoms with van der Waals surface area (Å²) < 4.78 is 7.23. The Labute approximate surface area is 181 Å². The molecule has 3 N–H and O–H groups in total. The number of nitrogens with zero attached hydrogens (tertiary/aromatic N) is 2. The number of nitrogens with one attached hydrogen (secondary N) is 3. The van der Waals surface area contributed by atoms with E-state index in [0.717, 1.165) is 66.4 Å². The van der Waals surface area contributed by atoms with Crippen molar-refractivity contribution in [3.8, 4) is 11.4 Å². The summed E-state index contributed by atoms with van der Waals surface area (Å²) in [5.41, 5.74) is 4.33. The summed E-state index contributed by atoms with van der Waals surface area (Å²) >= 11 is 0. The first-order chi connectivity index (χ1) is 15.2. The average molecular weight is 418 g/mol. The molecule has 2 heterocycles. The van der Waals surface area contributed by atoms with Crippen LogP contribution in [0.3, 0.4) is 0 Å². The predicted octanol–water partition coefficient (Wildman–Crippen LogP) is 3.25. The van der Waals surface area contributed by atoms with E-state index in [9.17, 15) is 4.79 Å². The van der Waals surface area contributed by atoms with E-state index in [2.05, 4.69) is 22.0 Å². The Hall–Kier alpha value is -3.32. The Kier molecular flexibility index (Phi) is 5.34. The molecule has 5 rings (SSSR count). The van der Waals surface area contributed by atoms with E-state index in [1.807, 2.05) is 53.2 Å². The number of anilines is 1. The second-order valence-electron chi connectivity index (χ2n) is 8.12. The van der Waals surface area contributed by atoms with Crippen LogP contribution in [-0.4, -0.2) is 42.1 Å². The Morgan fingerprint density at radius 1 is 1.13 bits per heavy atom. The molecule has 1 saturated heterocycles.